The number of carbonyl (C=O) groups excluding carboxylic acids is 1. The zero-order valence-electron chi connectivity index (χ0n) is 16.5. The lowest BCUT2D eigenvalue weighted by Gasteiger charge is -2.07. The summed E-state index contributed by atoms with van der Waals surface area (Å²) in [5.74, 6) is 0.0489. The molecule has 2 heterocycles. The van der Waals surface area contributed by atoms with E-state index >= 15 is 0 Å². The Balaban J connectivity index is 1.61. The monoisotopic (exact) mass is 379 g/mol. The van der Waals surface area contributed by atoms with Crippen LogP contribution in [0.5, 0.6) is 0 Å². The second-order valence-corrected chi connectivity index (χ2v) is 7.62. The minimum Gasteiger partial charge on any atom is -0.353 e. The van der Waals surface area contributed by atoms with E-state index in [2.05, 4.69) is 15.5 Å². The third-order valence-corrected chi connectivity index (χ3v) is 5.18. The Labute approximate surface area is 163 Å². The highest BCUT2D eigenvalue weighted by atomic mass is 16.1. The number of hydrogen-bond donors (Lipinski definition) is 1. The average molecular weight is 379 g/mol. The van der Waals surface area contributed by atoms with Gasteiger partial charge < -0.3 is 5.32 Å². The van der Waals surface area contributed by atoms with Crippen molar-refractivity contribution in [3.8, 4) is 5.69 Å². The van der Waals surface area contributed by atoms with Crippen LogP contribution >= 0.6 is 0 Å². The molecule has 1 aromatic carbocycles. The Hall–Kier alpha value is -2.96. The van der Waals surface area contributed by atoms with Crippen molar-refractivity contribution >= 4 is 16.8 Å². The number of aromatic nitrogens is 4. The number of fused-ring (bicyclic) bond motifs is 1. The molecule has 7 nitrogen and oxygen atoms in total. The maximum Gasteiger partial charge on any atom is 0.295 e. The topological polar surface area (TPSA) is 81.8 Å². The second-order valence-electron chi connectivity index (χ2n) is 7.62. The van der Waals surface area contributed by atoms with E-state index in [9.17, 15) is 9.59 Å². The standard InChI is InChI=1S/C21H25N5O2/c1-13-6-10-17(11-7-13)26-15(3)19-14(2)23-25(21(28)20(19)24-26)12-4-5-18(27)22-16-8-9-16/h6-7,10-11,16H,4-5,8-9,12H2,1-3H3,(H,22,27). The normalized spacial score (nSPS) is 13.8. The van der Waals surface area contributed by atoms with Gasteiger partial charge in [0.25, 0.3) is 5.56 Å². The molecule has 0 bridgehead atoms. The summed E-state index contributed by atoms with van der Waals surface area (Å²) in [5, 5.41) is 12.8. The molecule has 4 rings (SSSR count). The molecule has 1 aliphatic carbocycles. The van der Waals surface area contributed by atoms with Gasteiger partial charge in [0, 0.05) is 19.0 Å². The van der Waals surface area contributed by atoms with Crippen LogP contribution in [0.3, 0.4) is 0 Å². The molecule has 28 heavy (non-hydrogen) atoms. The summed E-state index contributed by atoms with van der Waals surface area (Å²) in [7, 11) is 0. The lowest BCUT2D eigenvalue weighted by Crippen LogP contribution is -2.27. The summed E-state index contributed by atoms with van der Waals surface area (Å²) in [6.07, 6.45) is 3.13. The zero-order valence-corrected chi connectivity index (χ0v) is 16.5. The van der Waals surface area contributed by atoms with Crippen LogP contribution in [-0.4, -0.2) is 31.5 Å². The third-order valence-electron chi connectivity index (χ3n) is 5.18. The van der Waals surface area contributed by atoms with Gasteiger partial charge in [-0.15, -0.1) is 0 Å². The van der Waals surface area contributed by atoms with Crippen molar-refractivity contribution < 1.29 is 4.79 Å². The van der Waals surface area contributed by atoms with E-state index < -0.39 is 0 Å². The van der Waals surface area contributed by atoms with E-state index in [0.29, 0.717) is 30.9 Å². The fraction of sp³-hybridized carbons (Fsp3) is 0.429. The number of benzene rings is 1. The minimum absolute atomic E-state index is 0.0489. The first-order valence-electron chi connectivity index (χ1n) is 9.77. The van der Waals surface area contributed by atoms with Crippen LogP contribution in [0.4, 0.5) is 0 Å². The Morgan fingerprint density at radius 3 is 2.54 bits per heavy atom. The summed E-state index contributed by atoms with van der Waals surface area (Å²) in [4.78, 5) is 24.8. The van der Waals surface area contributed by atoms with Gasteiger partial charge in [-0.3, -0.25) is 9.59 Å². The SMILES string of the molecule is Cc1ccc(-n2nc3c(=O)n(CCCC(=O)NC4CC4)nc(C)c3c2C)cc1. The van der Waals surface area contributed by atoms with Crippen molar-refractivity contribution in [1.29, 1.82) is 0 Å². The zero-order chi connectivity index (χ0) is 19.8. The highest BCUT2D eigenvalue weighted by molar-refractivity contribution is 5.83. The Morgan fingerprint density at radius 1 is 1.14 bits per heavy atom. The van der Waals surface area contributed by atoms with Crippen LogP contribution in [0, 0.1) is 20.8 Å². The Kier molecular flexibility index (Phi) is 4.75. The number of rotatable bonds is 6. The maximum atomic E-state index is 12.9. The van der Waals surface area contributed by atoms with Gasteiger partial charge in [-0.1, -0.05) is 17.7 Å². The fourth-order valence-electron chi connectivity index (χ4n) is 3.49. The van der Waals surface area contributed by atoms with Gasteiger partial charge in [0.15, 0.2) is 5.52 Å². The Morgan fingerprint density at radius 2 is 1.86 bits per heavy atom. The van der Waals surface area contributed by atoms with Crippen molar-refractivity contribution in [2.45, 2.75) is 59.0 Å². The molecule has 1 fully saturated rings. The molecule has 1 N–H and O–H groups in total. The molecular formula is C21H25N5O2. The maximum absolute atomic E-state index is 12.9. The van der Waals surface area contributed by atoms with E-state index in [1.165, 1.54) is 10.2 Å². The number of carbonyl (C=O) groups is 1. The molecule has 0 spiro atoms. The molecule has 0 saturated heterocycles. The summed E-state index contributed by atoms with van der Waals surface area (Å²) in [6.45, 7) is 6.29. The number of amides is 1. The van der Waals surface area contributed by atoms with Crippen molar-refractivity contribution in [1.82, 2.24) is 24.9 Å². The molecule has 1 aliphatic rings. The summed E-state index contributed by atoms with van der Waals surface area (Å²) in [5.41, 5.74) is 3.97. The first-order chi connectivity index (χ1) is 13.4. The quantitative estimate of drug-likeness (QED) is 0.714. The van der Waals surface area contributed by atoms with Crippen molar-refractivity contribution in [3.63, 3.8) is 0 Å². The number of aryl methyl sites for hydroxylation is 4. The van der Waals surface area contributed by atoms with E-state index in [1.54, 1.807) is 4.68 Å². The predicted molar refractivity (Wildman–Crippen MR) is 108 cm³/mol. The van der Waals surface area contributed by atoms with Crippen LogP contribution in [0.1, 0.15) is 42.6 Å². The van der Waals surface area contributed by atoms with Gasteiger partial charge in [0.2, 0.25) is 5.91 Å². The van der Waals surface area contributed by atoms with Crippen molar-refractivity contribution in [3.05, 3.63) is 51.6 Å². The first-order valence-corrected chi connectivity index (χ1v) is 9.77. The molecule has 1 saturated carbocycles. The summed E-state index contributed by atoms with van der Waals surface area (Å²) >= 11 is 0. The Bertz CT molecular complexity index is 1090. The third kappa shape index (κ3) is 3.56. The number of hydrogen-bond acceptors (Lipinski definition) is 4. The summed E-state index contributed by atoms with van der Waals surface area (Å²) < 4.78 is 3.24. The molecule has 146 valence electrons. The lowest BCUT2D eigenvalue weighted by molar-refractivity contribution is -0.121. The molecule has 0 atom stereocenters. The largest absolute Gasteiger partial charge is 0.353 e. The molecule has 0 aliphatic heterocycles. The first kappa shape index (κ1) is 18.4. The van der Waals surface area contributed by atoms with Gasteiger partial charge in [0.05, 0.1) is 22.5 Å². The highest BCUT2D eigenvalue weighted by Crippen LogP contribution is 2.21. The van der Waals surface area contributed by atoms with Crippen LogP contribution in [0.25, 0.3) is 16.6 Å². The molecule has 2 aromatic heterocycles. The smallest absolute Gasteiger partial charge is 0.295 e. The van der Waals surface area contributed by atoms with Crippen LogP contribution in [0.2, 0.25) is 0 Å². The van der Waals surface area contributed by atoms with E-state index in [1.807, 2.05) is 45.0 Å². The predicted octanol–water partition coefficient (Wildman–Crippen LogP) is 2.57. The molecule has 1 amide bonds. The molecule has 7 heteroatoms. The molecule has 0 unspecified atom stereocenters. The average Bonchev–Trinajstić information content (AvgIpc) is 3.40. The number of nitrogens with one attached hydrogen (secondary N) is 1. The van der Waals surface area contributed by atoms with Crippen LogP contribution < -0.4 is 10.9 Å². The van der Waals surface area contributed by atoms with Crippen molar-refractivity contribution in [2.24, 2.45) is 0 Å². The van der Waals surface area contributed by atoms with Gasteiger partial charge in [-0.2, -0.15) is 10.2 Å². The van der Waals surface area contributed by atoms with Gasteiger partial charge >= 0.3 is 0 Å². The molecule has 3 aromatic rings. The fourth-order valence-corrected chi connectivity index (χ4v) is 3.49. The van der Waals surface area contributed by atoms with Crippen molar-refractivity contribution in [2.75, 3.05) is 0 Å². The van der Waals surface area contributed by atoms with Crippen LogP contribution in [0.15, 0.2) is 29.1 Å². The van der Waals surface area contributed by atoms with Gasteiger partial charge in [-0.25, -0.2) is 9.36 Å². The van der Waals surface area contributed by atoms with Gasteiger partial charge in [0.1, 0.15) is 0 Å². The van der Waals surface area contributed by atoms with E-state index in [-0.39, 0.29) is 11.5 Å². The number of nitrogens with zero attached hydrogens (tertiary/aromatic N) is 4. The van der Waals surface area contributed by atoms with E-state index in [0.717, 1.165) is 35.3 Å². The van der Waals surface area contributed by atoms with Crippen LogP contribution in [-0.2, 0) is 11.3 Å². The molecular weight excluding hydrogens is 354 g/mol. The summed E-state index contributed by atoms with van der Waals surface area (Å²) in [6, 6.07) is 8.40. The van der Waals surface area contributed by atoms with E-state index in [4.69, 9.17) is 0 Å². The van der Waals surface area contributed by atoms with Gasteiger partial charge in [-0.05, 0) is 52.2 Å². The highest BCUT2D eigenvalue weighted by Gasteiger charge is 2.23. The second kappa shape index (κ2) is 7.22. The lowest BCUT2D eigenvalue weighted by atomic mass is 10.2. The molecule has 0 radical (unpaired) electrons. The minimum atomic E-state index is -0.211.